The number of nitrogens with two attached hydrogens (primary N) is 2. The van der Waals surface area contributed by atoms with Gasteiger partial charge in [-0.1, -0.05) is 24.3 Å². The predicted octanol–water partition coefficient (Wildman–Crippen LogP) is 5.07. The number of alkyl halides is 5. The molecule has 0 fully saturated rings. The molecule has 3 aromatic rings. The van der Waals surface area contributed by atoms with Crippen molar-refractivity contribution >= 4 is 6.34 Å². The Balaban J connectivity index is 0.000000604. The highest BCUT2D eigenvalue weighted by Gasteiger charge is 2.34. The van der Waals surface area contributed by atoms with Crippen LogP contribution in [0.3, 0.4) is 0 Å². The number of aromatic nitrogens is 1. The van der Waals surface area contributed by atoms with E-state index in [1.165, 1.54) is 29.5 Å². The van der Waals surface area contributed by atoms with Gasteiger partial charge in [0.15, 0.2) is 0 Å². The summed E-state index contributed by atoms with van der Waals surface area (Å²) in [6, 6.07) is 8.85. The van der Waals surface area contributed by atoms with Gasteiger partial charge in [-0.3, -0.25) is 4.98 Å². The Morgan fingerprint density at radius 1 is 0.941 bits per heavy atom. The van der Waals surface area contributed by atoms with Gasteiger partial charge in [-0.05, 0) is 35.4 Å². The van der Waals surface area contributed by atoms with E-state index in [1.807, 2.05) is 0 Å². The van der Waals surface area contributed by atoms with Crippen molar-refractivity contribution < 1.29 is 30.7 Å². The predicted molar refractivity (Wildman–Crippen MR) is 113 cm³/mol. The maximum Gasteiger partial charge on any atom is 0.416 e. The third kappa shape index (κ3) is 7.44. The highest BCUT2D eigenvalue weighted by atomic mass is 19.4. The van der Waals surface area contributed by atoms with Gasteiger partial charge in [0, 0.05) is 31.3 Å². The molecule has 34 heavy (non-hydrogen) atoms. The number of nitrogens with zero attached hydrogens (tertiary/aromatic N) is 3. The normalized spacial score (nSPS) is 11.8. The molecule has 0 aliphatic rings. The summed E-state index contributed by atoms with van der Waals surface area (Å²) in [5.74, 6) is 4.21. The molecule has 12 heteroatoms. The van der Waals surface area contributed by atoms with E-state index in [0.29, 0.717) is 17.2 Å². The van der Waals surface area contributed by atoms with Crippen LogP contribution in [0, 0.1) is 11.6 Å². The topological polar surface area (TPSA) is 80.5 Å². The summed E-state index contributed by atoms with van der Waals surface area (Å²) in [6.07, 6.45) is -3.07. The molecule has 0 aliphatic carbocycles. The van der Waals surface area contributed by atoms with Crippen molar-refractivity contribution in [2.24, 2.45) is 16.8 Å². The monoisotopic (exact) mass is 487 g/mol. The molecule has 0 spiro atoms. The first-order chi connectivity index (χ1) is 15.8. The SMILES string of the molecule is CN(N)/C=N\N.Fc1ccc(CC(F)(F)c2ccc(-c3ccc(C(F)(F)F)cc3)cn2)c(F)c1. The maximum absolute atomic E-state index is 14.4. The molecule has 5 nitrogen and oxygen atoms in total. The summed E-state index contributed by atoms with van der Waals surface area (Å²) in [7, 11) is 1.64. The lowest BCUT2D eigenvalue weighted by Gasteiger charge is -2.17. The highest BCUT2D eigenvalue weighted by molar-refractivity contribution is 5.63. The summed E-state index contributed by atoms with van der Waals surface area (Å²) in [5.41, 5.74) is -1.10. The lowest BCUT2D eigenvalue weighted by Crippen LogP contribution is -2.24. The van der Waals surface area contributed by atoms with E-state index in [2.05, 4.69) is 15.9 Å². The molecule has 1 heterocycles. The number of rotatable bonds is 5. The molecular weight excluding hydrogens is 467 g/mol. The van der Waals surface area contributed by atoms with Gasteiger partial charge in [0.25, 0.3) is 5.92 Å². The van der Waals surface area contributed by atoms with Crippen LogP contribution in [0.5, 0.6) is 0 Å². The van der Waals surface area contributed by atoms with Crippen molar-refractivity contribution in [3.63, 3.8) is 0 Å². The van der Waals surface area contributed by atoms with Crippen LogP contribution in [0.25, 0.3) is 11.1 Å². The minimum absolute atomic E-state index is 0.348. The van der Waals surface area contributed by atoms with Gasteiger partial charge in [-0.2, -0.15) is 27.1 Å². The Bertz CT molecular complexity index is 1100. The number of halogens is 7. The number of pyridine rings is 1. The molecule has 0 saturated heterocycles. The average Bonchev–Trinajstić information content (AvgIpc) is 2.76. The van der Waals surface area contributed by atoms with Crippen LogP contribution in [0.1, 0.15) is 16.8 Å². The van der Waals surface area contributed by atoms with E-state index in [1.54, 1.807) is 7.05 Å². The maximum atomic E-state index is 14.4. The minimum atomic E-state index is -4.47. The van der Waals surface area contributed by atoms with Gasteiger partial charge in [0.1, 0.15) is 23.7 Å². The standard InChI is InChI=1S/C20H12F7N.C2H8N4/c21-16-7-3-13(17(22)9-16)10-19(23,24)18-8-4-14(11-28-18)12-1-5-15(6-2-12)20(25,26)27;1-6(4)2-5-3/h1-9,11H,10H2;2H,3-4H2,1H3/b;5-2-. The zero-order valence-corrected chi connectivity index (χ0v) is 17.7. The van der Waals surface area contributed by atoms with Gasteiger partial charge in [0.2, 0.25) is 0 Å². The first kappa shape index (κ1) is 26.6. The molecule has 0 unspecified atom stereocenters. The molecule has 0 saturated carbocycles. The Labute approximate surface area is 190 Å². The summed E-state index contributed by atoms with van der Waals surface area (Å²) in [4.78, 5) is 3.67. The van der Waals surface area contributed by atoms with Crippen LogP contribution in [0.2, 0.25) is 0 Å². The van der Waals surface area contributed by atoms with Crippen LogP contribution in [0.4, 0.5) is 30.7 Å². The van der Waals surface area contributed by atoms with Crippen LogP contribution in [0.15, 0.2) is 65.9 Å². The molecule has 0 radical (unpaired) electrons. The van der Waals surface area contributed by atoms with E-state index in [0.717, 1.165) is 36.5 Å². The fraction of sp³-hybridized carbons (Fsp3) is 0.182. The lowest BCUT2D eigenvalue weighted by molar-refractivity contribution is -0.137. The molecule has 0 amide bonds. The average molecular weight is 487 g/mol. The van der Waals surface area contributed by atoms with Crippen LogP contribution in [-0.2, 0) is 18.5 Å². The van der Waals surface area contributed by atoms with Gasteiger partial charge < -0.3 is 10.9 Å². The van der Waals surface area contributed by atoms with Crippen molar-refractivity contribution in [1.29, 1.82) is 0 Å². The number of hydrazone groups is 1. The number of hydrazine groups is 1. The van der Waals surface area contributed by atoms with Crippen LogP contribution < -0.4 is 11.7 Å². The van der Waals surface area contributed by atoms with Gasteiger partial charge >= 0.3 is 6.18 Å². The second-order valence-corrected chi connectivity index (χ2v) is 7.05. The molecule has 0 aliphatic heterocycles. The Kier molecular flexibility index (Phi) is 8.57. The molecule has 1 aromatic heterocycles. The van der Waals surface area contributed by atoms with Crippen molar-refractivity contribution in [1.82, 2.24) is 9.99 Å². The Morgan fingerprint density at radius 2 is 1.56 bits per heavy atom. The molecule has 0 bridgehead atoms. The zero-order valence-electron chi connectivity index (χ0n) is 17.7. The smallest absolute Gasteiger partial charge is 0.322 e. The van der Waals surface area contributed by atoms with Crippen molar-refractivity contribution in [2.75, 3.05) is 7.05 Å². The highest BCUT2D eigenvalue weighted by Crippen LogP contribution is 2.34. The third-order valence-electron chi connectivity index (χ3n) is 4.36. The number of hydrogen-bond acceptors (Lipinski definition) is 4. The molecule has 182 valence electrons. The summed E-state index contributed by atoms with van der Waals surface area (Å²) in [6.45, 7) is 0. The Morgan fingerprint density at radius 3 is 2.00 bits per heavy atom. The first-order valence-electron chi connectivity index (χ1n) is 9.50. The second kappa shape index (κ2) is 11.0. The third-order valence-corrected chi connectivity index (χ3v) is 4.36. The van der Waals surface area contributed by atoms with E-state index in [-0.39, 0.29) is 5.56 Å². The lowest BCUT2D eigenvalue weighted by atomic mass is 10.0. The summed E-state index contributed by atoms with van der Waals surface area (Å²) >= 11 is 0. The van der Waals surface area contributed by atoms with Crippen LogP contribution in [-0.4, -0.2) is 23.4 Å². The first-order valence-corrected chi connectivity index (χ1v) is 9.50. The van der Waals surface area contributed by atoms with Crippen molar-refractivity contribution in [2.45, 2.75) is 18.5 Å². The molecule has 4 N–H and O–H groups in total. The van der Waals surface area contributed by atoms with Crippen molar-refractivity contribution in [3.8, 4) is 11.1 Å². The molecular formula is C22H20F7N5. The fourth-order valence-electron chi connectivity index (χ4n) is 2.73. The minimum Gasteiger partial charge on any atom is -0.322 e. The molecule has 2 aromatic carbocycles. The van der Waals surface area contributed by atoms with Crippen LogP contribution >= 0.6 is 0 Å². The zero-order chi connectivity index (χ0) is 25.5. The number of benzene rings is 2. The van der Waals surface area contributed by atoms with Gasteiger partial charge in [-0.25, -0.2) is 14.6 Å². The van der Waals surface area contributed by atoms with E-state index < -0.39 is 41.4 Å². The largest absolute Gasteiger partial charge is 0.416 e. The second-order valence-electron chi connectivity index (χ2n) is 7.05. The fourth-order valence-corrected chi connectivity index (χ4v) is 2.73. The molecule has 0 atom stereocenters. The number of hydrogen-bond donors (Lipinski definition) is 2. The molecule has 3 rings (SSSR count). The van der Waals surface area contributed by atoms with Gasteiger partial charge in [-0.15, -0.1) is 0 Å². The summed E-state index contributed by atoms with van der Waals surface area (Å²) < 4.78 is 93.1. The van der Waals surface area contributed by atoms with E-state index in [9.17, 15) is 30.7 Å². The van der Waals surface area contributed by atoms with Gasteiger partial charge in [0.05, 0.1) is 5.56 Å². The quantitative estimate of drug-likeness (QED) is 0.173. The van der Waals surface area contributed by atoms with E-state index in [4.69, 9.17) is 5.84 Å². The van der Waals surface area contributed by atoms with Crippen molar-refractivity contribution in [3.05, 3.63) is 89.2 Å². The summed E-state index contributed by atoms with van der Waals surface area (Å²) in [5, 5.41) is 4.38. The Hall–Kier alpha value is -3.67. The van der Waals surface area contributed by atoms with E-state index >= 15 is 0 Å².